The monoisotopic (exact) mass is 383 g/mol. The molecule has 3 rings (SSSR count). The lowest BCUT2D eigenvalue weighted by Gasteiger charge is -2.36. The number of hydrogen-bond donors (Lipinski definition) is 1. The van der Waals surface area contributed by atoms with E-state index in [4.69, 9.17) is 4.74 Å². The van der Waals surface area contributed by atoms with Gasteiger partial charge in [0.05, 0.1) is 19.8 Å². The van der Waals surface area contributed by atoms with E-state index < -0.39 is 0 Å². The molecule has 0 unspecified atom stereocenters. The number of methoxy groups -OCH3 is 2. The number of piperazine rings is 1. The molecule has 7 nitrogen and oxygen atoms in total. The topological polar surface area (TPSA) is 71.1 Å². The van der Waals surface area contributed by atoms with E-state index in [9.17, 15) is 9.59 Å². The number of rotatable bonds is 5. The molecular formula is C21H25N3O4. The van der Waals surface area contributed by atoms with Crippen LogP contribution in [-0.4, -0.2) is 57.3 Å². The molecule has 2 aromatic carbocycles. The summed E-state index contributed by atoms with van der Waals surface area (Å²) >= 11 is 0. The second-order valence-corrected chi connectivity index (χ2v) is 6.52. The zero-order valence-electron chi connectivity index (χ0n) is 16.2. The van der Waals surface area contributed by atoms with Crippen molar-refractivity contribution in [3.05, 3.63) is 59.7 Å². The summed E-state index contributed by atoms with van der Waals surface area (Å²) in [5.74, 6) is 0.459. The highest BCUT2D eigenvalue weighted by atomic mass is 16.5. The fourth-order valence-electron chi connectivity index (χ4n) is 3.14. The van der Waals surface area contributed by atoms with Crippen molar-refractivity contribution in [1.29, 1.82) is 0 Å². The molecule has 0 bridgehead atoms. The molecule has 1 heterocycles. The number of amides is 2. The highest BCUT2D eigenvalue weighted by molar-refractivity contribution is 5.89. The van der Waals surface area contributed by atoms with Crippen molar-refractivity contribution in [3.8, 4) is 5.75 Å². The highest BCUT2D eigenvalue weighted by Gasteiger charge is 2.21. The summed E-state index contributed by atoms with van der Waals surface area (Å²) in [6.45, 7) is 3.27. The summed E-state index contributed by atoms with van der Waals surface area (Å²) in [5, 5.41) is 2.94. The van der Waals surface area contributed by atoms with Crippen LogP contribution in [0.15, 0.2) is 48.5 Å². The van der Waals surface area contributed by atoms with Gasteiger partial charge < -0.3 is 24.6 Å². The molecule has 1 N–H and O–H groups in total. The van der Waals surface area contributed by atoms with E-state index in [1.54, 1.807) is 19.2 Å². The Labute approximate surface area is 164 Å². The Kier molecular flexibility index (Phi) is 6.37. The van der Waals surface area contributed by atoms with Crippen molar-refractivity contribution < 1.29 is 19.1 Å². The number of benzene rings is 2. The van der Waals surface area contributed by atoms with Crippen LogP contribution in [0.1, 0.15) is 15.9 Å². The zero-order valence-corrected chi connectivity index (χ0v) is 16.2. The molecule has 0 aromatic heterocycles. The third-order valence-corrected chi connectivity index (χ3v) is 4.80. The van der Waals surface area contributed by atoms with Gasteiger partial charge in [-0.15, -0.1) is 0 Å². The average molecular weight is 383 g/mol. The fraction of sp³-hybridized carbons (Fsp3) is 0.333. The molecule has 1 fully saturated rings. The number of nitrogens with one attached hydrogen (secondary N) is 1. The standard InChI is InChI=1S/C21H25N3O4/c1-27-19-5-3-4-18(14-19)23-10-12-24(13-11-23)21(26)22-15-16-6-8-17(9-7-16)20(25)28-2/h3-9,14H,10-13,15H2,1-2H3,(H,22,26). The highest BCUT2D eigenvalue weighted by Crippen LogP contribution is 2.22. The first-order valence-electron chi connectivity index (χ1n) is 9.19. The molecule has 2 amide bonds. The molecule has 1 aliphatic heterocycles. The van der Waals surface area contributed by atoms with Crippen LogP contribution in [0.5, 0.6) is 5.75 Å². The minimum Gasteiger partial charge on any atom is -0.497 e. The van der Waals surface area contributed by atoms with E-state index in [1.807, 2.05) is 35.2 Å². The van der Waals surface area contributed by atoms with E-state index in [1.165, 1.54) is 7.11 Å². The molecule has 0 radical (unpaired) electrons. The van der Waals surface area contributed by atoms with Gasteiger partial charge >= 0.3 is 12.0 Å². The Bertz CT molecular complexity index is 815. The van der Waals surface area contributed by atoms with E-state index in [0.29, 0.717) is 25.2 Å². The van der Waals surface area contributed by atoms with Crippen LogP contribution < -0.4 is 15.0 Å². The maximum atomic E-state index is 12.4. The Balaban J connectivity index is 1.48. The second kappa shape index (κ2) is 9.12. The minimum atomic E-state index is -0.371. The summed E-state index contributed by atoms with van der Waals surface area (Å²) in [6.07, 6.45) is 0. The maximum absolute atomic E-state index is 12.4. The van der Waals surface area contributed by atoms with Crippen LogP contribution in [0.3, 0.4) is 0 Å². The van der Waals surface area contributed by atoms with Crippen LogP contribution in [0.4, 0.5) is 10.5 Å². The summed E-state index contributed by atoms with van der Waals surface area (Å²) in [4.78, 5) is 28.0. The normalized spacial score (nSPS) is 13.8. The minimum absolute atomic E-state index is 0.0812. The number of esters is 1. The van der Waals surface area contributed by atoms with Crippen molar-refractivity contribution in [3.63, 3.8) is 0 Å². The number of nitrogens with zero attached hydrogens (tertiary/aromatic N) is 2. The quantitative estimate of drug-likeness (QED) is 0.804. The number of ether oxygens (including phenoxy) is 2. The largest absolute Gasteiger partial charge is 0.497 e. The van der Waals surface area contributed by atoms with Gasteiger partial charge in [0, 0.05) is 44.5 Å². The van der Waals surface area contributed by atoms with Gasteiger partial charge in [-0.05, 0) is 29.8 Å². The van der Waals surface area contributed by atoms with Gasteiger partial charge in [0.25, 0.3) is 0 Å². The zero-order chi connectivity index (χ0) is 19.9. The predicted octanol–water partition coefficient (Wildman–Crippen LogP) is 2.51. The lowest BCUT2D eigenvalue weighted by Crippen LogP contribution is -2.51. The molecular weight excluding hydrogens is 358 g/mol. The van der Waals surface area contributed by atoms with Gasteiger partial charge in [0.15, 0.2) is 0 Å². The van der Waals surface area contributed by atoms with Crippen molar-refractivity contribution >= 4 is 17.7 Å². The van der Waals surface area contributed by atoms with Crippen molar-refractivity contribution in [1.82, 2.24) is 10.2 Å². The lowest BCUT2D eigenvalue weighted by molar-refractivity contribution is 0.0600. The average Bonchev–Trinajstić information content (AvgIpc) is 2.77. The molecule has 0 saturated carbocycles. The SMILES string of the molecule is COC(=O)c1ccc(CNC(=O)N2CCN(c3cccc(OC)c3)CC2)cc1. The summed E-state index contributed by atoms with van der Waals surface area (Å²) < 4.78 is 9.96. The molecule has 1 aliphatic rings. The maximum Gasteiger partial charge on any atom is 0.337 e. The first kappa shape index (κ1) is 19.5. The van der Waals surface area contributed by atoms with Crippen molar-refractivity contribution in [2.45, 2.75) is 6.54 Å². The fourth-order valence-corrected chi connectivity index (χ4v) is 3.14. The predicted molar refractivity (Wildman–Crippen MR) is 107 cm³/mol. The van der Waals surface area contributed by atoms with Gasteiger partial charge in [0.2, 0.25) is 0 Å². The van der Waals surface area contributed by atoms with Crippen LogP contribution in [0.2, 0.25) is 0 Å². The second-order valence-electron chi connectivity index (χ2n) is 6.52. The molecule has 28 heavy (non-hydrogen) atoms. The van der Waals surface area contributed by atoms with Gasteiger partial charge in [-0.1, -0.05) is 18.2 Å². The number of carbonyl (C=O) groups excluding carboxylic acids is 2. The molecule has 148 valence electrons. The van der Waals surface area contributed by atoms with E-state index >= 15 is 0 Å². The summed E-state index contributed by atoms with van der Waals surface area (Å²) in [5.41, 5.74) is 2.52. The van der Waals surface area contributed by atoms with Crippen LogP contribution in [0, 0.1) is 0 Å². The number of urea groups is 1. The molecule has 0 spiro atoms. The number of hydrogen-bond acceptors (Lipinski definition) is 5. The molecule has 2 aromatic rings. The Morgan fingerprint density at radius 3 is 2.36 bits per heavy atom. The molecule has 7 heteroatoms. The third-order valence-electron chi connectivity index (χ3n) is 4.80. The van der Waals surface area contributed by atoms with Gasteiger partial charge in [-0.3, -0.25) is 0 Å². The lowest BCUT2D eigenvalue weighted by atomic mass is 10.1. The number of carbonyl (C=O) groups is 2. The van der Waals surface area contributed by atoms with Crippen LogP contribution >= 0.6 is 0 Å². The summed E-state index contributed by atoms with van der Waals surface area (Å²) in [7, 11) is 3.01. The third kappa shape index (κ3) is 4.73. The van der Waals surface area contributed by atoms with E-state index in [2.05, 4.69) is 21.0 Å². The first-order chi connectivity index (χ1) is 13.6. The summed E-state index contributed by atoms with van der Waals surface area (Å²) in [6, 6.07) is 14.9. The van der Waals surface area contributed by atoms with E-state index in [0.717, 1.165) is 30.1 Å². The number of anilines is 1. The Morgan fingerprint density at radius 2 is 1.71 bits per heavy atom. The van der Waals surface area contributed by atoms with Gasteiger partial charge in [-0.2, -0.15) is 0 Å². The smallest absolute Gasteiger partial charge is 0.337 e. The van der Waals surface area contributed by atoms with Crippen molar-refractivity contribution in [2.24, 2.45) is 0 Å². The van der Waals surface area contributed by atoms with E-state index in [-0.39, 0.29) is 12.0 Å². The first-order valence-corrected chi connectivity index (χ1v) is 9.19. The van der Waals surface area contributed by atoms with Crippen molar-refractivity contribution in [2.75, 3.05) is 45.3 Å². The van der Waals surface area contributed by atoms with Crippen LogP contribution in [-0.2, 0) is 11.3 Å². The molecule has 1 saturated heterocycles. The Morgan fingerprint density at radius 1 is 1.00 bits per heavy atom. The molecule has 0 atom stereocenters. The van der Waals surface area contributed by atoms with Gasteiger partial charge in [0.1, 0.15) is 5.75 Å². The molecule has 0 aliphatic carbocycles. The van der Waals surface area contributed by atoms with Crippen LogP contribution in [0.25, 0.3) is 0 Å². The Hall–Kier alpha value is -3.22. The van der Waals surface area contributed by atoms with Gasteiger partial charge in [-0.25, -0.2) is 9.59 Å².